The van der Waals surface area contributed by atoms with Gasteiger partial charge in [-0.25, -0.2) is 0 Å². The van der Waals surface area contributed by atoms with Crippen LogP contribution in [-0.2, 0) is 6.54 Å². The van der Waals surface area contributed by atoms with Crippen molar-refractivity contribution in [2.45, 2.75) is 30.8 Å². The summed E-state index contributed by atoms with van der Waals surface area (Å²) in [4.78, 5) is 1.01. The molecule has 1 nitrogen and oxygen atoms in total. The Morgan fingerprint density at radius 2 is 1.75 bits per heavy atom. The van der Waals surface area contributed by atoms with E-state index in [1.807, 2.05) is 24.3 Å². The summed E-state index contributed by atoms with van der Waals surface area (Å²) in [6.07, 6.45) is 0. The average molecular weight is 323 g/mol. The lowest BCUT2D eigenvalue weighted by Gasteiger charge is -2.08. The third-order valence-corrected chi connectivity index (χ3v) is 4.43. The van der Waals surface area contributed by atoms with Crippen LogP contribution in [0, 0.1) is 5.92 Å². The first-order valence-electron chi connectivity index (χ1n) is 6.50. The quantitative estimate of drug-likeness (QED) is 0.546. The molecule has 1 aromatic carbocycles. The molecule has 0 bridgehead atoms. The fourth-order valence-electron chi connectivity index (χ4n) is 1.53. The molecule has 1 rings (SSSR count). The van der Waals surface area contributed by atoms with Gasteiger partial charge in [0, 0.05) is 22.9 Å². The summed E-state index contributed by atoms with van der Waals surface area (Å²) in [5.74, 6) is 1.18. The number of nitrogens with one attached hydrogen (secondary N) is 1. The van der Waals surface area contributed by atoms with Crippen molar-refractivity contribution < 1.29 is 13.2 Å². The number of hydrogen-bond acceptors (Lipinski definition) is 3. The molecule has 0 heterocycles. The number of halogens is 3. The molecule has 0 aliphatic carbocycles. The second-order valence-corrected chi connectivity index (χ2v) is 7.14. The minimum Gasteiger partial charge on any atom is -0.312 e. The van der Waals surface area contributed by atoms with E-state index in [-0.39, 0.29) is 17.5 Å². The van der Waals surface area contributed by atoms with Gasteiger partial charge in [0.25, 0.3) is 0 Å². The highest BCUT2D eigenvalue weighted by Gasteiger charge is 2.27. The van der Waals surface area contributed by atoms with Crippen LogP contribution in [0.1, 0.15) is 19.4 Å². The van der Waals surface area contributed by atoms with Crippen LogP contribution in [0.2, 0.25) is 0 Å². The zero-order valence-electron chi connectivity index (χ0n) is 11.7. The van der Waals surface area contributed by atoms with Crippen LogP contribution in [0.4, 0.5) is 13.2 Å². The maximum absolute atomic E-state index is 12.0. The molecule has 0 spiro atoms. The molecule has 0 radical (unpaired) electrons. The van der Waals surface area contributed by atoms with Crippen molar-refractivity contribution in [3.63, 3.8) is 0 Å². The van der Waals surface area contributed by atoms with Crippen molar-refractivity contribution in [1.82, 2.24) is 5.32 Å². The summed E-state index contributed by atoms with van der Waals surface area (Å²) in [7, 11) is 0. The second-order valence-electron chi connectivity index (χ2n) is 4.81. The number of rotatable bonds is 8. The third-order valence-electron chi connectivity index (χ3n) is 2.42. The lowest BCUT2D eigenvalue weighted by molar-refractivity contribution is -0.0326. The van der Waals surface area contributed by atoms with Crippen molar-refractivity contribution in [3.05, 3.63) is 29.8 Å². The average Bonchev–Trinajstić information content (AvgIpc) is 2.35. The molecule has 0 aromatic heterocycles. The molecule has 1 aromatic rings. The van der Waals surface area contributed by atoms with Crippen LogP contribution in [0.25, 0.3) is 0 Å². The van der Waals surface area contributed by atoms with E-state index in [0.29, 0.717) is 11.7 Å². The van der Waals surface area contributed by atoms with E-state index in [4.69, 9.17) is 0 Å². The summed E-state index contributed by atoms with van der Waals surface area (Å²) in [6.45, 7) is 6.12. The predicted molar refractivity (Wildman–Crippen MR) is 82.2 cm³/mol. The van der Waals surface area contributed by atoms with E-state index in [9.17, 15) is 13.2 Å². The van der Waals surface area contributed by atoms with Gasteiger partial charge in [0.05, 0.1) is 0 Å². The Balaban J connectivity index is 2.25. The fourth-order valence-corrected chi connectivity index (χ4v) is 2.99. The van der Waals surface area contributed by atoms with E-state index in [0.717, 1.165) is 18.0 Å². The first kappa shape index (κ1) is 17.7. The van der Waals surface area contributed by atoms with Crippen molar-refractivity contribution in [1.29, 1.82) is 0 Å². The highest BCUT2D eigenvalue weighted by atomic mass is 32.2. The van der Waals surface area contributed by atoms with Gasteiger partial charge in [0.2, 0.25) is 0 Å². The lowest BCUT2D eigenvalue weighted by atomic mass is 10.2. The van der Waals surface area contributed by atoms with Gasteiger partial charge in [0.15, 0.2) is 0 Å². The summed E-state index contributed by atoms with van der Waals surface area (Å²) in [6, 6.07) is 7.98. The minimum absolute atomic E-state index is 0.0389. The molecule has 0 aliphatic rings. The second kappa shape index (κ2) is 8.85. The molecule has 1 N–H and O–H groups in total. The van der Waals surface area contributed by atoms with Gasteiger partial charge < -0.3 is 5.32 Å². The van der Waals surface area contributed by atoms with E-state index in [1.54, 1.807) is 0 Å². The molecule has 0 unspecified atom stereocenters. The van der Waals surface area contributed by atoms with Crippen LogP contribution >= 0.6 is 23.5 Å². The SMILES string of the molecule is CC(C)CNCc1ccc(SCCSC(F)(F)F)cc1. The molecule has 0 saturated carbocycles. The van der Waals surface area contributed by atoms with Crippen LogP contribution in [0.15, 0.2) is 29.2 Å². The molecule has 0 aliphatic heterocycles. The Labute approximate surface area is 127 Å². The summed E-state index contributed by atoms with van der Waals surface area (Å²) >= 11 is 1.50. The predicted octanol–water partition coefficient (Wildman–Crippen LogP) is 4.78. The number of thioether (sulfide) groups is 2. The van der Waals surface area contributed by atoms with Crippen molar-refractivity contribution >= 4 is 23.5 Å². The van der Waals surface area contributed by atoms with Gasteiger partial charge in [-0.1, -0.05) is 37.7 Å². The molecule has 114 valence electrons. The molecule has 0 saturated heterocycles. The monoisotopic (exact) mass is 323 g/mol. The number of benzene rings is 1. The van der Waals surface area contributed by atoms with Crippen LogP contribution in [0.5, 0.6) is 0 Å². The van der Waals surface area contributed by atoms with Gasteiger partial charge in [0.1, 0.15) is 0 Å². The summed E-state index contributed by atoms with van der Waals surface area (Å²) < 4.78 is 35.9. The molecule has 0 amide bonds. The first-order valence-corrected chi connectivity index (χ1v) is 8.47. The molecule has 6 heteroatoms. The molecule has 0 atom stereocenters. The van der Waals surface area contributed by atoms with Gasteiger partial charge in [-0.2, -0.15) is 13.2 Å². The Morgan fingerprint density at radius 1 is 1.10 bits per heavy atom. The Morgan fingerprint density at radius 3 is 2.30 bits per heavy atom. The Hall–Kier alpha value is -0.330. The van der Waals surface area contributed by atoms with E-state index >= 15 is 0 Å². The smallest absolute Gasteiger partial charge is 0.312 e. The molecule has 0 fully saturated rings. The zero-order valence-corrected chi connectivity index (χ0v) is 13.3. The van der Waals surface area contributed by atoms with Crippen LogP contribution in [0.3, 0.4) is 0 Å². The van der Waals surface area contributed by atoms with Gasteiger partial charge in [-0.15, -0.1) is 11.8 Å². The highest BCUT2D eigenvalue weighted by Crippen LogP contribution is 2.31. The van der Waals surface area contributed by atoms with Gasteiger partial charge in [-0.3, -0.25) is 0 Å². The van der Waals surface area contributed by atoms with E-state index in [1.165, 1.54) is 17.3 Å². The molecular formula is C14H20F3NS2. The highest BCUT2D eigenvalue weighted by molar-refractivity contribution is 8.03. The lowest BCUT2D eigenvalue weighted by Crippen LogP contribution is -2.18. The zero-order chi connectivity index (χ0) is 15.0. The number of alkyl halides is 3. The van der Waals surface area contributed by atoms with E-state index in [2.05, 4.69) is 19.2 Å². The first-order chi connectivity index (χ1) is 9.37. The minimum atomic E-state index is -4.12. The Bertz CT molecular complexity index is 377. The van der Waals surface area contributed by atoms with Crippen LogP contribution < -0.4 is 5.32 Å². The van der Waals surface area contributed by atoms with Crippen molar-refractivity contribution in [2.24, 2.45) is 5.92 Å². The van der Waals surface area contributed by atoms with Gasteiger partial charge >= 0.3 is 5.51 Å². The largest absolute Gasteiger partial charge is 0.441 e. The van der Waals surface area contributed by atoms with Crippen molar-refractivity contribution in [2.75, 3.05) is 18.1 Å². The third kappa shape index (κ3) is 8.76. The van der Waals surface area contributed by atoms with E-state index < -0.39 is 5.51 Å². The normalized spacial score (nSPS) is 12.1. The maximum Gasteiger partial charge on any atom is 0.441 e. The Kier molecular flexibility index (Phi) is 7.84. The standard InChI is InChI=1S/C14H20F3NS2/c1-11(2)9-18-10-12-3-5-13(6-4-12)19-7-8-20-14(15,16)17/h3-6,11,18H,7-10H2,1-2H3. The summed E-state index contributed by atoms with van der Waals surface area (Å²) in [5, 5.41) is 3.35. The fraction of sp³-hybridized carbons (Fsp3) is 0.571. The van der Waals surface area contributed by atoms with Crippen molar-refractivity contribution in [3.8, 4) is 0 Å². The van der Waals surface area contributed by atoms with Gasteiger partial charge in [-0.05, 0) is 30.2 Å². The maximum atomic E-state index is 12.0. The molecule has 20 heavy (non-hydrogen) atoms. The number of hydrogen-bond donors (Lipinski definition) is 1. The molecular weight excluding hydrogens is 303 g/mol. The van der Waals surface area contributed by atoms with Crippen LogP contribution in [-0.4, -0.2) is 23.6 Å². The summed E-state index contributed by atoms with van der Waals surface area (Å²) in [5.41, 5.74) is -2.92. The topological polar surface area (TPSA) is 12.0 Å².